The fourth-order valence-electron chi connectivity index (χ4n) is 3.78. The second kappa shape index (κ2) is 6.32. The molecule has 0 fully saturated rings. The van der Waals surface area contributed by atoms with E-state index in [1.165, 1.54) is 28.7 Å². The van der Waals surface area contributed by atoms with Crippen LogP contribution in [0.25, 0.3) is 10.9 Å². The molecule has 1 aliphatic rings. The molecule has 2 heterocycles. The van der Waals surface area contributed by atoms with E-state index >= 15 is 0 Å². The summed E-state index contributed by atoms with van der Waals surface area (Å²) in [5, 5.41) is 10.0. The summed E-state index contributed by atoms with van der Waals surface area (Å²) in [4.78, 5) is 17.0. The first-order chi connectivity index (χ1) is 13.1. The van der Waals surface area contributed by atoms with E-state index < -0.39 is 0 Å². The number of fused-ring (bicyclic) bond motifs is 3. The second-order valence-corrected chi connectivity index (χ2v) is 9.41. The minimum absolute atomic E-state index is 0.0188. The van der Waals surface area contributed by atoms with Crippen molar-refractivity contribution in [2.45, 2.75) is 29.4 Å². The number of H-pyrrole nitrogens is 1. The average molecular weight is 392 g/mol. The quantitative estimate of drug-likeness (QED) is 0.526. The Morgan fingerprint density at radius 3 is 2.56 bits per heavy atom. The monoisotopic (exact) mass is 391 g/mol. The molecule has 0 saturated heterocycles. The number of para-hydroxylation sites is 1. The van der Waals surface area contributed by atoms with E-state index in [1.54, 1.807) is 0 Å². The second-order valence-electron chi connectivity index (χ2n) is 6.84. The standard InChI is InChI=1S/C21H17N3OS2/c1-11-7-9-13(10-8-11)16-18-17(14-5-3-4-6-15(14)22-18)19(25)20(16)27-21-24-23-12(2)26-21/h3-10,16,20,22H,1-2H3/t16-,20-/m0/s1. The number of benzene rings is 2. The first kappa shape index (κ1) is 16.7. The molecular formula is C21H17N3OS2. The number of ketones is 1. The normalized spacial score (nSPS) is 19.0. The molecule has 4 aromatic rings. The lowest BCUT2D eigenvalue weighted by Crippen LogP contribution is -2.18. The lowest BCUT2D eigenvalue weighted by atomic mass is 9.95. The highest BCUT2D eigenvalue weighted by Gasteiger charge is 2.44. The number of Topliss-reactive ketones (excluding diaryl/α,β-unsaturated/α-hetero) is 1. The zero-order chi connectivity index (χ0) is 18.5. The van der Waals surface area contributed by atoms with Gasteiger partial charge in [0.25, 0.3) is 0 Å². The molecule has 0 radical (unpaired) electrons. The van der Waals surface area contributed by atoms with Crippen LogP contribution in [0.3, 0.4) is 0 Å². The van der Waals surface area contributed by atoms with Gasteiger partial charge in [0, 0.05) is 28.1 Å². The molecule has 1 aliphatic carbocycles. The molecule has 4 nitrogen and oxygen atoms in total. The van der Waals surface area contributed by atoms with E-state index in [0.29, 0.717) is 0 Å². The molecule has 2 aromatic heterocycles. The van der Waals surface area contributed by atoms with Crippen LogP contribution in [0.5, 0.6) is 0 Å². The number of aromatic amines is 1. The van der Waals surface area contributed by atoms with Crippen LogP contribution in [0.2, 0.25) is 0 Å². The minimum Gasteiger partial charge on any atom is -0.357 e. The topological polar surface area (TPSA) is 58.6 Å². The van der Waals surface area contributed by atoms with E-state index in [-0.39, 0.29) is 17.0 Å². The number of hydrogen-bond donors (Lipinski definition) is 1. The largest absolute Gasteiger partial charge is 0.357 e. The number of rotatable bonds is 3. The first-order valence-corrected chi connectivity index (χ1v) is 10.5. The lowest BCUT2D eigenvalue weighted by molar-refractivity contribution is 0.0999. The highest BCUT2D eigenvalue weighted by atomic mass is 32.2. The maximum absolute atomic E-state index is 13.4. The Bertz CT molecular complexity index is 1160. The lowest BCUT2D eigenvalue weighted by Gasteiger charge is -2.18. The van der Waals surface area contributed by atoms with Crippen molar-refractivity contribution in [1.82, 2.24) is 15.2 Å². The number of aryl methyl sites for hydroxylation is 2. The first-order valence-electron chi connectivity index (χ1n) is 8.80. The fourth-order valence-corrected chi connectivity index (χ4v) is 6.02. The molecule has 0 saturated carbocycles. The maximum Gasteiger partial charge on any atom is 0.179 e. The third kappa shape index (κ3) is 2.71. The number of carbonyl (C=O) groups is 1. The van der Waals surface area contributed by atoms with Crippen molar-refractivity contribution in [2.24, 2.45) is 0 Å². The van der Waals surface area contributed by atoms with Gasteiger partial charge in [-0.1, -0.05) is 71.1 Å². The van der Waals surface area contributed by atoms with Crippen molar-refractivity contribution in [3.63, 3.8) is 0 Å². The van der Waals surface area contributed by atoms with Crippen molar-refractivity contribution in [2.75, 3.05) is 0 Å². The van der Waals surface area contributed by atoms with Gasteiger partial charge in [-0.3, -0.25) is 4.79 Å². The van der Waals surface area contributed by atoms with Crippen molar-refractivity contribution in [1.29, 1.82) is 0 Å². The van der Waals surface area contributed by atoms with Gasteiger partial charge in [-0.05, 0) is 25.5 Å². The van der Waals surface area contributed by atoms with Crippen LogP contribution >= 0.6 is 23.1 Å². The molecule has 0 amide bonds. The van der Waals surface area contributed by atoms with Crippen LogP contribution in [0, 0.1) is 13.8 Å². The molecular weight excluding hydrogens is 374 g/mol. The Hall–Kier alpha value is -2.44. The van der Waals surface area contributed by atoms with Gasteiger partial charge in [0.05, 0.1) is 5.25 Å². The summed E-state index contributed by atoms with van der Waals surface area (Å²) < 4.78 is 0.845. The Morgan fingerprint density at radius 2 is 1.81 bits per heavy atom. The molecule has 134 valence electrons. The Balaban J connectivity index is 1.66. The Morgan fingerprint density at radius 1 is 1.04 bits per heavy atom. The summed E-state index contributed by atoms with van der Waals surface area (Å²) in [6.07, 6.45) is 0. The van der Waals surface area contributed by atoms with Gasteiger partial charge in [-0.15, -0.1) is 10.2 Å². The van der Waals surface area contributed by atoms with Gasteiger partial charge in [-0.2, -0.15) is 0 Å². The van der Waals surface area contributed by atoms with E-state index in [4.69, 9.17) is 0 Å². The van der Waals surface area contributed by atoms with Gasteiger partial charge in [0.2, 0.25) is 0 Å². The van der Waals surface area contributed by atoms with Gasteiger partial charge in [-0.25, -0.2) is 0 Å². The number of aromatic nitrogens is 3. The summed E-state index contributed by atoms with van der Waals surface area (Å²) in [6.45, 7) is 4.01. The number of thioether (sulfide) groups is 1. The average Bonchev–Trinajstić information content (AvgIpc) is 3.31. The van der Waals surface area contributed by atoms with Crippen LogP contribution in [-0.4, -0.2) is 26.2 Å². The van der Waals surface area contributed by atoms with Crippen LogP contribution in [0.1, 0.15) is 38.1 Å². The predicted octanol–water partition coefficient (Wildman–Crippen LogP) is 5.13. The van der Waals surface area contributed by atoms with E-state index in [9.17, 15) is 4.79 Å². The van der Waals surface area contributed by atoms with Crippen molar-refractivity contribution in [3.05, 3.63) is 75.9 Å². The zero-order valence-corrected chi connectivity index (χ0v) is 16.5. The molecule has 2 atom stereocenters. The van der Waals surface area contributed by atoms with E-state index in [0.717, 1.165) is 37.1 Å². The third-order valence-corrected chi connectivity index (χ3v) is 7.22. The number of carbonyl (C=O) groups excluding carboxylic acids is 1. The highest BCUT2D eigenvalue weighted by Crippen LogP contribution is 2.48. The van der Waals surface area contributed by atoms with Crippen LogP contribution < -0.4 is 0 Å². The summed E-state index contributed by atoms with van der Waals surface area (Å²) in [6, 6.07) is 16.5. The molecule has 0 spiro atoms. The van der Waals surface area contributed by atoms with Crippen LogP contribution in [0.4, 0.5) is 0 Å². The molecule has 6 heteroatoms. The fraction of sp³-hybridized carbons (Fsp3) is 0.190. The number of hydrogen-bond acceptors (Lipinski definition) is 5. The van der Waals surface area contributed by atoms with Crippen molar-refractivity contribution >= 4 is 39.8 Å². The van der Waals surface area contributed by atoms with Crippen molar-refractivity contribution in [3.8, 4) is 0 Å². The Labute approximate surface area is 165 Å². The summed E-state index contributed by atoms with van der Waals surface area (Å²) >= 11 is 3.07. The van der Waals surface area contributed by atoms with Gasteiger partial charge in [0.1, 0.15) is 5.01 Å². The van der Waals surface area contributed by atoms with E-state index in [2.05, 4.69) is 46.4 Å². The smallest absolute Gasteiger partial charge is 0.179 e. The molecule has 27 heavy (non-hydrogen) atoms. The van der Waals surface area contributed by atoms with E-state index in [1.807, 2.05) is 31.2 Å². The molecule has 0 unspecified atom stereocenters. The van der Waals surface area contributed by atoms with Gasteiger partial charge in [0.15, 0.2) is 10.1 Å². The van der Waals surface area contributed by atoms with Crippen LogP contribution in [-0.2, 0) is 0 Å². The SMILES string of the molecule is Cc1ccc([C@H]2c3[nH]c4ccccc4c3C(=O)[C@H]2Sc2nnc(C)s2)cc1. The molecule has 1 N–H and O–H groups in total. The van der Waals surface area contributed by atoms with Crippen LogP contribution in [0.15, 0.2) is 52.9 Å². The van der Waals surface area contributed by atoms with Crippen molar-refractivity contribution < 1.29 is 4.79 Å². The Kier molecular flexibility index (Phi) is 3.91. The zero-order valence-electron chi connectivity index (χ0n) is 14.9. The molecule has 0 aliphatic heterocycles. The summed E-state index contributed by atoms with van der Waals surface area (Å²) in [5.74, 6) is 0.153. The molecule has 2 aromatic carbocycles. The molecule has 0 bridgehead atoms. The minimum atomic E-state index is -0.231. The number of nitrogens with one attached hydrogen (secondary N) is 1. The molecule has 5 rings (SSSR count). The summed E-state index contributed by atoms with van der Waals surface area (Å²) in [5.41, 5.74) is 5.23. The maximum atomic E-state index is 13.4. The van der Waals surface area contributed by atoms with Gasteiger partial charge >= 0.3 is 0 Å². The highest BCUT2D eigenvalue weighted by molar-refractivity contribution is 8.02. The number of nitrogens with zero attached hydrogens (tertiary/aromatic N) is 2. The predicted molar refractivity (Wildman–Crippen MR) is 110 cm³/mol. The summed E-state index contributed by atoms with van der Waals surface area (Å²) in [7, 11) is 0. The third-order valence-electron chi connectivity index (χ3n) is 5.03. The van der Waals surface area contributed by atoms with Gasteiger partial charge < -0.3 is 4.98 Å².